The lowest BCUT2D eigenvalue weighted by Crippen LogP contribution is -2.18. The Hall–Kier alpha value is -0.280. The highest BCUT2D eigenvalue weighted by molar-refractivity contribution is 14.1. The first kappa shape index (κ1) is 17.1. The van der Waals surface area contributed by atoms with Crippen molar-refractivity contribution in [3.05, 3.63) is 30.5 Å². The number of aromatic nitrogens is 3. The van der Waals surface area contributed by atoms with Gasteiger partial charge < -0.3 is 5.32 Å². The molecule has 112 valence electrons. The minimum Gasteiger partial charge on any atom is -0.372 e. The van der Waals surface area contributed by atoms with E-state index in [-0.39, 0.29) is 5.41 Å². The minimum atomic E-state index is -0.0678. The van der Waals surface area contributed by atoms with Gasteiger partial charge in [-0.1, -0.05) is 20.8 Å². The summed E-state index contributed by atoms with van der Waals surface area (Å²) in [4.78, 5) is 13.8. The molecule has 21 heavy (non-hydrogen) atoms. The van der Waals surface area contributed by atoms with E-state index >= 15 is 0 Å². The maximum Gasteiger partial charge on any atom is 0.181 e. The first-order chi connectivity index (χ1) is 9.74. The van der Waals surface area contributed by atoms with Gasteiger partial charge in [0.2, 0.25) is 0 Å². The van der Waals surface area contributed by atoms with Crippen LogP contribution in [0.2, 0.25) is 0 Å². The fourth-order valence-electron chi connectivity index (χ4n) is 1.79. The number of pyridine rings is 1. The highest BCUT2D eigenvalue weighted by Gasteiger charge is 2.24. The SMILES string of the molecule is CNc1nc(-c2ncc(Br)cc2Br)nc(C(C)(C)C)c1I. The predicted octanol–water partition coefficient (Wildman–Crippen LogP) is 5.01. The van der Waals surface area contributed by atoms with E-state index in [1.54, 1.807) is 6.20 Å². The number of rotatable bonds is 2. The van der Waals surface area contributed by atoms with Crippen LogP contribution in [-0.2, 0) is 5.41 Å². The highest BCUT2D eigenvalue weighted by Crippen LogP contribution is 2.33. The van der Waals surface area contributed by atoms with Gasteiger partial charge in [0.05, 0.1) is 9.26 Å². The summed E-state index contributed by atoms with van der Waals surface area (Å²) in [6, 6.07) is 1.94. The normalized spacial score (nSPS) is 11.6. The maximum atomic E-state index is 4.75. The van der Waals surface area contributed by atoms with Gasteiger partial charge in [-0.25, -0.2) is 9.97 Å². The first-order valence-electron chi connectivity index (χ1n) is 6.31. The third-order valence-corrected chi connectivity index (χ3v) is 4.88. The summed E-state index contributed by atoms with van der Waals surface area (Å²) in [6.07, 6.45) is 1.75. The number of anilines is 1. The van der Waals surface area contributed by atoms with Crippen molar-refractivity contribution in [1.82, 2.24) is 15.0 Å². The van der Waals surface area contributed by atoms with Crippen molar-refractivity contribution in [3.8, 4) is 11.5 Å². The number of nitrogens with zero attached hydrogens (tertiary/aromatic N) is 3. The Labute approximate surface area is 155 Å². The van der Waals surface area contributed by atoms with Crippen molar-refractivity contribution >= 4 is 60.3 Å². The second-order valence-corrected chi connectivity index (χ2v) is 8.39. The van der Waals surface area contributed by atoms with E-state index in [4.69, 9.17) is 4.98 Å². The number of hydrogen-bond acceptors (Lipinski definition) is 4. The van der Waals surface area contributed by atoms with Crippen LogP contribution in [0, 0.1) is 3.57 Å². The number of nitrogens with one attached hydrogen (secondary N) is 1. The number of halogens is 3. The van der Waals surface area contributed by atoms with E-state index in [0.717, 1.165) is 29.7 Å². The Morgan fingerprint density at radius 1 is 1.19 bits per heavy atom. The van der Waals surface area contributed by atoms with Crippen LogP contribution in [0.5, 0.6) is 0 Å². The second-order valence-electron chi connectivity index (χ2n) is 5.54. The van der Waals surface area contributed by atoms with E-state index in [1.165, 1.54) is 0 Å². The lowest BCUT2D eigenvalue weighted by atomic mass is 9.92. The summed E-state index contributed by atoms with van der Waals surface area (Å²) >= 11 is 9.23. The van der Waals surface area contributed by atoms with Gasteiger partial charge in [0.25, 0.3) is 0 Å². The summed E-state index contributed by atoms with van der Waals surface area (Å²) in [7, 11) is 1.87. The Morgan fingerprint density at radius 2 is 1.86 bits per heavy atom. The molecule has 2 aromatic heterocycles. The topological polar surface area (TPSA) is 50.7 Å². The molecule has 0 aliphatic rings. The molecular formula is C14H15Br2IN4. The van der Waals surface area contributed by atoms with Crippen molar-refractivity contribution < 1.29 is 0 Å². The molecule has 0 aliphatic heterocycles. The molecule has 0 saturated heterocycles. The minimum absolute atomic E-state index is 0.0678. The molecule has 0 saturated carbocycles. The third kappa shape index (κ3) is 3.73. The van der Waals surface area contributed by atoms with Crippen LogP contribution in [0.4, 0.5) is 5.82 Å². The molecule has 2 heterocycles. The number of hydrogen-bond donors (Lipinski definition) is 1. The summed E-state index contributed by atoms with van der Waals surface area (Å²) in [5.41, 5.74) is 1.67. The van der Waals surface area contributed by atoms with Crippen LogP contribution < -0.4 is 5.32 Å². The molecule has 0 unspecified atom stereocenters. The van der Waals surface area contributed by atoms with Crippen molar-refractivity contribution in [2.45, 2.75) is 26.2 Å². The molecule has 1 N–H and O–H groups in total. The maximum absolute atomic E-state index is 4.75. The fourth-order valence-corrected chi connectivity index (χ4v) is 4.28. The first-order valence-corrected chi connectivity index (χ1v) is 8.97. The zero-order valence-electron chi connectivity index (χ0n) is 12.1. The van der Waals surface area contributed by atoms with Gasteiger partial charge >= 0.3 is 0 Å². The summed E-state index contributed by atoms with van der Waals surface area (Å²) in [5, 5.41) is 3.14. The fraction of sp³-hybridized carbons (Fsp3) is 0.357. The van der Waals surface area contributed by atoms with Gasteiger partial charge in [-0.3, -0.25) is 4.98 Å². The molecule has 0 radical (unpaired) electrons. The van der Waals surface area contributed by atoms with E-state index in [2.05, 4.69) is 90.5 Å². The van der Waals surface area contributed by atoms with Crippen molar-refractivity contribution in [3.63, 3.8) is 0 Å². The molecule has 0 atom stereocenters. The lowest BCUT2D eigenvalue weighted by Gasteiger charge is -2.21. The Morgan fingerprint density at radius 3 is 2.38 bits per heavy atom. The lowest BCUT2D eigenvalue weighted by molar-refractivity contribution is 0.564. The zero-order chi connectivity index (χ0) is 15.8. The Balaban J connectivity index is 2.70. The van der Waals surface area contributed by atoms with Crippen LogP contribution in [-0.4, -0.2) is 22.0 Å². The summed E-state index contributed by atoms with van der Waals surface area (Å²) < 4.78 is 2.81. The van der Waals surface area contributed by atoms with E-state index in [9.17, 15) is 0 Å². The second kappa shape index (κ2) is 6.45. The van der Waals surface area contributed by atoms with Crippen LogP contribution in [0.25, 0.3) is 11.5 Å². The molecule has 0 aliphatic carbocycles. The molecule has 0 fully saturated rings. The smallest absolute Gasteiger partial charge is 0.181 e. The quantitative estimate of drug-likeness (QED) is 0.560. The van der Waals surface area contributed by atoms with Crippen molar-refractivity contribution in [2.75, 3.05) is 12.4 Å². The van der Waals surface area contributed by atoms with Crippen LogP contribution in [0.1, 0.15) is 26.5 Å². The molecule has 0 amide bonds. The van der Waals surface area contributed by atoms with Crippen LogP contribution in [0.3, 0.4) is 0 Å². The van der Waals surface area contributed by atoms with Gasteiger partial charge in [0.1, 0.15) is 11.5 Å². The zero-order valence-corrected chi connectivity index (χ0v) is 17.5. The molecule has 0 aromatic carbocycles. The molecule has 0 spiro atoms. The molecule has 0 bridgehead atoms. The molecule has 2 aromatic rings. The monoisotopic (exact) mass is 524 g/mol. The molecule has 2 rings (SSSR count). The van der Waals surface area contributed by atoms with Gasteiger partial charge in [-0.2, -0.15) is 0 Å². The van der Waals surface area contributed by atoms with Crippen molar-refractivity contribution in [2.24, 2.45) is 0 Å². The summed E-state index contributed by atoms with van der Waals surface area (Å²) in [5.74, 6) is 1.44. The molecule has 4 nitrogen and oxygen atoms in total. The van der Waals surface area contributed by atoms with E-state index in [0.29, 0.717) is 5.82 Å². The Bertz CT molecular complexity index is 683. The van der Waals surface area contributed by atoms with E-state index in [1.807, 2.05) is 13.1 Å². The Kier molecular flexibility index (Phi) is 5.25. The predicted molar refractivity (Wildman–Crippen MR) is 102 cm³/mol. The standard InChI is InChI=1S/C14H15Br2IN4/c1-14(2,3)11-9(17)12(18-4)21-13(20-11)10-8(16)5-7(15)6-19-10/h5-6H,1-4H3,(H,18,20,21). The molecule has 7 heteroatoms. The van der Waals surface area contributed by atoms with Crippen LogP contribution in [0.15, 0.2) is 21.2 Å². The average molecular weight is 526 g/mol. The van der Waals surface area contributed by atoms with Gasteiger partial charge in [-0.15, -0.1) is 0 Å². The summed E-state index contributed by atoms with van der Waals surface area (Å²) in [6.45, 7) is 6.43. The molecular weight excluding hydrogens is 511 g/mol. The highest BCUT2D eigenvalue weighted by atomic mass is 127. The van der Waals surface area contributed by atoms with Crippen LogP contribution >= 0.6 is 54.5 Å². The van der Waals surface area contributed by atoms with Gasteiger partial charge in [0.15, 0.2) is 5.82 Å². The third-order valence-electron chi connectivity index (χ3n) is 2.82. The van der Waals surface area contributed by atoms with Crippen molar-refractivity contribution in [1.29, 1.82) is 0 Å². The van der Waals surface area contributed by atoms with E-state index < -0.39 is 0 Å². The van der Waals surface area contributed by atoms with Gasteiger partial charge in [0, 0.05) is 27.6 Å². The van der Waals surface area contributed by atoms with Gasteiger partial charge in [-0.05, 0) is 60.5 Å². The largest absolute Gasteiger partial charge is 0.372 e. The average Bonchev–Trinajstić information content (AvgIpc) is 2.38.